The number of aromatic nitrogens is 1. The summed E-state index contributed by atoms with van der Waals surface area (Å²) in [6.07, 6.45) is -0.650. The number of nitrogens with one attached hydrogen (secondary N) is 1. The number of rotatable bonds is 9. The van der Waals surface area contributed by atoms with Crippen molar-refractivity contribution in [2.75, 3.05) is 39.5 Å². The van der Waals surface area contributed by atoms with Crippen LogP contribution >= 0.6 is 0 Å². The van der Waals surface area contributed by atoms with Crippen LogP contribution in [0.15, 0.2) is 30.3 Å². The number of benzene rings is 2. The molecule has 3 aromatic rings. The van der Waals surface area contributed by atoms with Crippen LogP contribution in [-0.4, -0.2) is 76.4 Å². The molecule has 0 radical (unpaired) electrons. The van der Waals surface area contributed by atoms with Crippen molar-refractivity contribution in [3.63, 3.8) is 0 Å². The zero-order valence-electron chi connectivity index (χ0n) is 21.4. The fourth-order valence-corrected chi connectivity index (χ4v) is 6.03. The molecule has 0 aliphatic carbocycles. The molecule has 39 heavy (non-hydrogen) atoms. The molecule has 0 saturated carbocycles. The molecule has 0 bridgehead atoms. The van der Waals surface area contributed by atoms with Gasteiger partial charge in [-0.2, -0.15) is 0 Å². The van der Waals surface area contributed by atoms with E-state index in [0.29, 0.717) is 37.1 Å². The maximum atomic E-state index is 15.8. The Morgan fingerprint density at radius 2 is 1.79 bits per heavy atom. The second-order valence-corrected chi connectivity index (χ2v) is 10.7. The lowest BCUT2D eigenvalue weighted by Gasteiger charge is -2.43. The second kappa shape index (κ2) is 10.8. The highest BCUT2D eigenvalue weighted by Crippen LogP contribution is 2.44. The molecule has 5 nitrogen and oxygen atoms in total. The highest BCUT2D eigenvalue weighted by atomic mass is 19.3. The molecule has 2 aliphatic rings. The molecule has 1 unspecified atom stereocenters. The first-order chi connectivity index (χ1) is 18.5. The van der Waals surface area contributed by atoms with E-state index >= 15 is 8.78 Å². The fourth-order valence-electron chi connectivity index (χ4n) is 6.03. The monoisotopic (exact) mass is 555 g/mol. The Labute approximate surface area is 222 Å². The lowest BCUT2D eigenvalue weighted by Crippen LogP contribution is -2.50. The van der Waals surface area contributed by atoms with Crippen molar-refractivity contribution >= 4 is 10.9 Å². The maximum absolute atomic E-state index is 15.8. The minimum absolute atomic E-state index is 0.0166. The fraction of sp³-hybridized carbons (Fsp3) is 0.500. The van der Waals surface area contributed by atoms with Crippen LogP contribution in [0.2, 0.25) is 0 Å². The number of aromatic amines is 1. The SMILES string of the molecule is C[C@@H]1Cc2c([nH]c3cccc(F)c23)[C@@H](c2c(F)cc(C(O)C3CN(CCCF)C3)cc2F)N1CC(F)(F)CO. The molecule has 11 heteroatoms. The van der Waals surface area contributed by atoms with Gasteiger partial charge in [-0.3, -0.25) is 9.29 Å². The molecular weight excluding hydrogens is 524 g/mol. The summed E-state index contributed by atoms with van der Waals surface area (Å²) in [5.41, 5.74) is 0.550. The summed E-state index contributed by atoms with van der Waals surface area (Å²) in [5.74, 6) is -6.43. The number of aliphatic hydroxyl groups is 2. The molecule has 1 saturated heterocycles. The van der Waals surface area contributed by atoms with Crippen LogP contribution in [0.3, 0.4) is 0 Å². The molecule has 3 N–H and O–H groups in total. The van der Waals surface area contributed by atoms with Crippen LogP contribution in [0.5, 0.6) is 0 Å². The third-order valence-corrected chi connectivity index (χ3v) is 7.98. The number of hydrogen-bond donors (Lipinski definition) is 3. The molecule has 3 heterocycles. The van der Waals surface area contributed by atoms with Crippen molar-refractivity contribution < 1.29 is 36.6 Å². The van der Waals surface area contributed by atoms with Gasteiger partial charge in [0.15, 0.2) is 0 Å². The number of nitrogens with zero attached hydrogens (tertiary/aromatic N) is 2. The van der Waals surface area contributed by atoms with E-state index in [1.54, 1.807) is 13.0 Å². The lowest BCUT2D eigenvalue weighted by atomic mass is 9.85. The highest BCUT2D eigenvalue weighted by Gasteiger charge is 2.44. The predicted octanol–water partition coefficient (Wildman–Crippen LogP) is 4.87. The van der Waals surface area contributed by atoms with Gasteiger partial charge in [0.2, 0.25) is 0 Å². The Hall–Kier alpha value is -2.60. The molecule has 2 aliphatic heterocycles. The Kier molecular flexibility index (Phi) is 7.71. The van der Waals surface area contributed by atoms with Gasteiger partial charge in [-0.1, -0.05) is 6.07 Å². The Balaban J connectivity index is 1.55. The summed E-state index contributed by atoms with van der Waals surface area (Å²) >= 11 is 0. The summed E-state index contributed by atoms with van der Waals surface area (Å²) in [7, 11) is 0. The van der Waals surface area contributed by atoms with Gasteiger partial charge in [0.05, 0.1) is 25.4 Å². The zero-order chi connectivity index (χ0) is 28.1. The van der Waals surface area contributed by atoms with Crippen LogP contribution in [0.1, 0.15) is 47.9 Å². The second-order valence-electron chi connectivity index (χ2n) is 10.7. The van der Waals surface area contributed by atoms with Gasteiger partial charge >= 0.3 is 0 Å². The molecule has 1 aromatic heterocycles. The molecule has 212 valence electrons. The molecule has 1 fully saturated rings. The number of fused-ring (bicyclic) bond motifs is 3. The lowest BCUT2D eigenvalue weighted by molar-refractivity contribution is -0.0869. The van der Waals surface area contributed by atoms with Crippen molar-refractivity contribution in [2.24, 2.45) is 5.92 Å². The average Bonchev–Trinajstić information content (AvgIpc) is 3.23. The van der Waals surface area contributed by atoms with Crippen LogP contribution in [0.4, 0.5) is 26.3 Å². The first kappa shape index (κ1) is 27.9. The van der Waals surface area contributed by atoms with Crippen molar-refractivity contribution in [2.45, 2.75) is 43.9 Å². The molecule has 0 amide bonds. The molecule has 2 aromatic carbocycles. The first-order valence-corrected chi connectivity index (χ1v) is 13.0. The van der Waals surface area contributed by atoms with E-state index in [9.17, 15) is 27.8 Å². The number of H-pyrrole nitrogens is 1. The third-order valence-electron chi connectivity index (χ3n) is 7.98. The van der Waals surface area contributed by atoms with Gasteiger partial charge in [-0.25, -0.2) is 22.0 Å². The summed E-state index contributed by atoms with van der Waals surface area (Å²) < 4.78 is 87.7. The van der Waals surface area contributed by atoms with E-state index in [2.05, 4.69) is 4.98 Å². The Morgan fingerprint density at radius 3 is 2.44 bits per heavy atom. The largest absolute Gasteiger partial charge is 0.390 e. The summed E-state index contributed by atoms with van der Waals surface area (Å²) in [4.78, 5) is 6.16. The standard InChI is InChI=1S/C28H31F6N3O2/c1-15-8-18-23-19(30)4-2-5-22(23)35-25(18)26(37(15)13-28(33,34)14-38)24-20(31)9-16(10-21(24)32)27(39)17-11-36(12-17)7-3-6-29/h2,4-5,9-10,15,17,26-27,35,38-39H,3,6-8,11-14H2,1H3/t15-,26-,27?/m1/s1. The van der Waals surface area contributed by atoms with Crippen LogP contribution < -0.4 is 0 Å². The number of halogens is 6. The van der Waals surface area contributed by atoms with Crippen LogP contribution in [-0.2, 0) is 6.42 Å². The van der Waals surface area contributed by atoms with Crippen LogP contribution in [0, 0.1) is 23.4 Å². The summed E-state index contributed by atoms with van der Waals surface area (Å²) in [6.45, 7) is 0.183. The minimum atomic E-state index is -3.55. The summed E-state index contributed by atoms with van der Waals surface area (Å²) in [5, 5.41) is 20.3. The highest BCUT2D eigenvalue weighted by molar-refractivity contribution is 5.86. The van der Waals surface area contributed by atoms with E-state index < -0.39 is 67.0 Å². The van der Waals surface area contributed by atoms with E-state index in [1.807, 2.05) is 4.90 Å². The van der Waals surface area contributed by atoms with Gasteiger partial charge in [-0.15, -0.1) is 0 Å². The van der Waals surface area contributed by atoms with Crippen molar-refractivity contribution in [1.82, 2.24) is 14.8 Å². The normalized spacial score (nSPS) is 21.8. The number of aliphatic hydroxyl groups excluding tert-OH is 2. The van der Waals surface area contributed by atoms with Crippen molar-refractivity contribution in [1.29, 1.82) is 0 Å². The first-order valence-electron chi connectivity index (χ1n) is 13.0. The van der Waals surface area contributed by atoms with Crippen LogP contribution in [0.25, 0.3) is 10.9 Å². The van der Waals surface area contributed by atoms with Gasteiger partial charge in [-0.05, 0) is 55.2 Å². The minimum Gasteiger partial charge on any atom is -0.390 e. The predicted molar refractivity (Wildman–Crippen MR) is 134 cm³/mol. The quantitative estimate of drug-likeness (QED) is 0.330. The van der Waals surface area contributed by atoms with E-state index in [4.69, 9.17) is 0 Å². The van der Waals surface area contributed by atoms with Gasteiger partial charge in [0.1, 0.15) is 24.1 Å². The summed E-state index contributed by atoms with van der Waals surface area (Å²) in [6, 6.07) is 4.33. The molecular formula is C28H31F6N3O2. The van der Waals surface area contributed by atoms with Crippen molar-refractivity contribution in [3.05, 3.63) is 70.2 Å². The average molecular weight is 556 g/mol. The zero-order valence-corrected chi connectivity index (χ0v) is 21.4. The molecule has 3 atom stereocenters. The smallest absolute Gasteiger partial charge is 0.283 e. The third kappa shape index (κ3) is 5.17. The number of hydrogen-bond acceptors (Lipinski definition) is 4. The molecule has 0 spiro atoms. The van der Waals surface area contributed by atoms with E-state index in [1.165, 1.54) is 17.0 Å². The number of alkyl halides is 3. The number of likely N-dealkylation sites (tertiary alicyclic amines) is 1. The van der Waals surface area contributed by atoms with Gasteiger partial charge in [0, 0.05) is 53.8 Å². The van der Waals surface area contributed by atoms with Gasteiger partial charge in [0.25, 0.3) is 5.92 Å². The molecule has 5 rings (SSSR count). The Bertz CT molecular complexity index is 1320. The van der Waals surface area contributed by atoms with E-state index in [0.717, 1.165) is 12.1 Å². The van der Waals surface area contributed by atoms with Crippen molar-refractivity contribution in [3.8, 4) is 0 Å². The maximum Gasteiger partial charge on any atom is 0.283 e. The van der Waals surface area contributed by atoms with Gasteiger partial charge < -0.3 is 20.1 Å². The Morgan fingerprint density at radius 1 is 1.10 bits per heavy atom. The topological polar surface area (TPSA) is 62.7 Å². The van der Waals surface area contributed by atoms with E-state index in [-0.39, 0.29) is 29.0 Å².